The highest BCUT2D eigenvalue weighted by Crippen LogP contribution is 2.72. The quantitative estimate of drug-likeness (QED) is 0.598. The van der Waals surface area contributed by atoms with Crippen molar-refractivity contribution in [1.82, 2.24) is 0 Å². The summed E-state index contributed by atoms with van der Waals surface area (Å²) in [6.07, 6.45) is 4.21. The summed E-state index contributed by atoms with van der Waals surface area (Å²) in [5.41, 5.74) is 3.44. The molecule has 0 unspecified atom stereocenters. The molecule has 1 aromatic rings. The van der Waals surface area contributed by atoms with Crippen molar-refractivity contribution in [1.29, 1.82) is 0 Å². The van der Waals surface area contributed by atoms with Crippen LogP contribution in [0.15, 0.2) is 24.3 Å². The lowest BCUT2D eigenvalue weighted by molar-refractivity contribution is 0.0220. The Morgan fingerprint density at radius 3 is 2.00 bits per heavy atom. The SMILES string of the molecule is CN(C)c1ccc(C23CC(I)(C2)C3)cc1. The van der Waals surface area contributed by atoms with Gasteiger partial charge in [0.1, 0.15) is 0 Å². The van der Waals surface area contributed by atoms with E-state index in [0.29, 0.717) is 8.84 Å². The van der Waals surface area contributed by atoms with Gasteiger partial charge in [-0.15, -0.1) is 0 Å². The Balaban J connectivity index is 1.83. The van der Waals surface area contributed by atoms with E-state index >= 15 is 0 Å². The highest BCUT2D eigenvalue weighted by Gasteiger charge is 2.66. The Morgan fingerprint density at radius 2 is 1.60 bits per heavy atom. The normalized spacial score (nSPS) is 36.7. The van der Waals surface area contributed by atoms with Gasteiger partial charge in [-0.2, -0.15) is 0 Å². The number of hydrogen-bond acceptors (Lipinski definition) is 1. The van der Waals surface area contributed by atoms with E-state index in [0.717, 1.165) is 0 Å². The molecule has 4 rings (SSSR count). The molecule has 0 spiro atoms. The van der Waals surface area contributed by atoms with Crippen molar-refractivity contribution in [3.63, 3.8) is 0 Å². The van der Waals surface area contributed by atoms with Crippen LogP contribution in [0.25, 0.3) is 0 Å². The van der Waals surface area contributed by atoms with Gasteiger partial charge in [0, 0.05) is 23.2 Å². The molecular formula is C13H16IN. The maximum absolute atomic E-state index is 2.64. The van der Waals surface area contributed by atoms with Crippen molar-refractivity contribution in [3.8, 4) is 0 Å². The fourth-order valence-electron chi connectivity index (χ4n) is 3.08. The summed E-state index contributed by atoms with van der Waals surface area (Å²) in [7, 11) is 4.19. The van der Waals surface area contributed by atoms with Gasteiger partial charge in [-0.3, -0.25) is 0 Å². The van der Waals surface area contributed by atoms with Crippen LogP contribution in [0.1, 0.15) is 24.8 Å². The highest BCUT2D eigenvalue weighted by molar-refractivity contribution is 14.1. The van der Waals surface area contributed by atoms with E-state index in [-0.39, 0.29) is 0 Å². The molecule has 15 heavy (non-hydrogen) atoms. The number of hydrogen-bond donors (Lipinski definition) is 0. The van der Waals surface area contributed by atoms with Crippen LogP contribution in [0.4, 0.5) is 5.69 Å². The number of rotatable bonds is 2. The first-order chi connectivity index (χ1) is 7.03. The first kappa shape index (κ1) is 9.94. The van der Waals surface area contributed by atoms with Crippen molar-refractivity contribution in [2.75, 3.05) is 19.0 Å². The number of anilines is 1. The number of halogens is 1. The molecule has 0 amide bonds. The fraction of sp³-hybridized carbons (Fsp3) is 0.538. The lowest BCUT2D eigenvalue weighted by Gasteiger charge is -2.68. The molecule has 80 valence electrons. The third-order valence-corrected chi connectivity index (χ3v) is 5.11. The summed E-state index contributed by atoms with van der Waals surface area (Å²) in [4.78, 5) is 2.16. The second-order valence-electron chi connectivity index (χ2n) is 5.40. The van der Waals surface area contributed by atoms with E-state index in [1.54, 1.807) is 5.56 Å². The minimum Gasteiger partial charge on any atom is -0.378 e. The molecule has 0 aromatic heterocycles. The highest BCUT2D eigenvalue weighted by atomic mass is 127. The van der Waals surface area contributed by atoms with E-state index < -0.39 is 0 Å². The molecular weight excluding hydrogens is 297 g/mol. The second-order valence-corrected chi connectivity index (χ2v) is 7.69. The Labute approximate surface area is 105 Å². The van der Waals surface area contributed by atoms with Gasteiger partial charge in [0.25, 0.3) is 0 Å². The van der Waals surface area contributed by atoms with E-state index in [2.05, 4.69) is 65.9 Å². The van der Waals surface area contributed by atoms with Gasteiger partial charge in [0.2, 0.25) is 0 Å². The van der Waals surface area contributed by atoms with E-state index in [4.69, 9.17) is 0 Å². The van der Waals surface area contributed by atoms with Crippen LogP contribution in [-0.4, -0.2) is 17.5 Å². The van der Waals surface area contributed by atoms with Crippen LogP contribution in [0.3, 0.4) is 0 Å². The average molecular weight is 313 g/mol. The first-order valence-electron chi connectivity index (χ1n) is 5.50. The molecule has 0 aliphatic heterocycles. The Kier molecular flexibility index (Phi) is 1.92. The largest absolute Gasteiger partial charge is 0.378 e. The molecule has 2 heteroatoms. The van der Waals surface area contributed by atoms with Gasteiger partial charge in [-0.05, 0) is 42.4 Å². The summed E-state index contributed by atoms with van der Waals surface area (Å²) in [6.45, 7) is 0. The lowest BCUT2D eigenvalue weighted by Crippen LogP contribution is -2.65. The molecule has 0 saturated heterocycles. The maximum atomic E-state index is 2.64. The zero-order valence-electron chi connectivity index (χ0n) is 9.26. The Bertz CT molecular complexity index is 374. The van der Waals surface area contributed by atoms with Gasteiger partial charge < -0.3 is 4.90 Å². The van der Waals surface area contributed by atoms with Crippen LogP contribution < -0.4 is 4.90 Å². The summed E-state index contributed by atoms with van der Waals surface area (Å²) < 4.78 is 0.679. The summed E-state index contributed by atoms with van der Waals surface area (Å²) in [5, 5.41) is 0. The third-order valence-electron chi connectivity index (χ3n) is 3.96. The van der Waals surface area contributed by atoms with E-state index in [1.165, 1.54) is 24.9 Å². The predicted octanol–water partition coefficient (Wildman–Crippen LogP) is 3.36. The summed E-state index contributed by atoms with van der Waals surface area (Å²) in [5.74, 6) is 0. The molecule has 3 aliphatic rings. The topological polar surface area (TPSA) is 3.24 Å². The minimum absolute atomic E-state index is 0.575. The molecule has 0 atom stereocenters. The molecule has 1 aromatic carbocycles. The number of benzene rings is 1. The van der Waals surface area contributed by atoms with Gasteiger partial charge in [-0.1, -0.05) is 34.7 Å². The smallest absolute Gasteiger partial charge is 0.0361 e. The van der Waals surface area contributed by atoms with Crippen LogP contribution in [0, 0.1) is 0 Å². The Morgan fingerprint density at radius 1 is 1.07 bits per heavy atom. The molecule has 0 N–H and O–H groups in total. The fourth-order valence-corrected chi connectivity index (χ4v) is 5.27. The molecule has 3 saturated carbocycles. The van der Waals surface area contributed by atoms with E-state index in [1.807, 2.05) is 0 Å². The van der Waals surface area contributed by atoms with Gasteiger partial charge in [0.05, 0.1) is 0 Å². The zero-order chi connectivity index (χ0) is 10.7. The third kappa shape index (κ3) is 1.33. The first-order valence-corrected chi connectivity index (χ1v) is 6.58. The predicted molar refractivity (Wildman–Crippen MR) is 73.0 cm³/mol. The van der Waals surface area contributed by atoms with Crippen molar-refractivity contribution >= 4 is 28.3 Å². The number of alkyl halides is 1. The van der Waals surface area contributed by atoms with Gasteiger partial charge >= 0.3 is 0 Å². The van der Waals surface area contributed by atoms with Crippen molar-refractivity contribution in [2.45, 2.75) is 28.1 Å². The maximum Gasteiger partial charge on any atom is 0.0361 e. The molecule has 0 radical (unpaired) electrons. The zero-order valence-corrected chi connectivity index (χ0v) is 11.4. The molecule has 1 nitrogen and oxygen atoms in total. The van der Waals surface area contributed by atoms with Gasteiger partial charge in [-0.25, -0.2) is 0 Å². The summed E-state index contributed by atoms with van der Waals surface area (Å²) >= 11 is 2.64. The van der Waals surface area contributed by atoms with Crippen LogP contribution in [0.5, 0.6) is 0 Å². The van der Waals surface area contributed by atoms with Crippen LogP contribution >= 0.6 is 22.6 Å². The standard InChI is InChI=1S/C13H16IN/c1-15(2)11-5-3-10(4-6-11)12-7-13(14,8-12)9-12/h3-6H,7-9H2,1-2H3. The molecule has 2 bridgehead atoms. The van der Waals surface area contributed by atoms with Crippen molar-refractivity contribution in [3.05, 3.63) is 29.8 Å². The van der Waals surface area contributed by atoms with Crippen LogP contribution in [0.2, 0.25) is 0 Å². The molecule has 0 heterocycles. The molecule has 3 aliphatic carbocycles. The average Bonchev–Trinajstić information content (AvgIpc) is 2.12. The van der Waals surface area contributed by atoms with Crippen molar-refractivity contribution < 1.29 is 0 Å². The number of nitrogens with zero attached hydrogens (tertiary/aromatic N) is 1. The lowest BCUT2D eigenvalue weighted by atomic mass is 9.42. The monoisotopic (exact) mass is 313 g/mol. The van der Waals surface area contributed by atoms with Crippen molar-refractivity contribution in [2.24, 2.45) is 0 Å². The minimum atomic E-state index is 0.575. The molecule has 3 fully saturated rings. The Hall–Kier alpha value is -0.250. The van der Waals surface area contributed by atoms with Gasteiger partial charge in [0.15, 0.2) is 0 Å². The van der Waals surface area contributed by atoms with Crippen LogP contribution in [-0.2, 0) is 5.41 Å². The second kappa shape index (κ2) is 2.90. The van der Waals surface area contributed by atoms with E-state index in [9.17, 15) is 0 Å². The summed E-state index contributed by atoms with van der Waals surface area (Å²) in [6, 6.07) is 9.14.